The Morgan fingerprint density at radius 3 is 2.68 bits per heavy atom. The molecule has 0 bridgehead atoms. The van der Waals surface area contributed by atoms with Crippen molar-refractivity contribution in [1.82, 2.24) is 9.04 Å². The van der Waals surface area contributed by atoms with E-state index in [0.29, 0.717) is 19.5 Å². The summed E-state index contributed by atoms with van der Waals surface area (Å²) in [6.45, 7) is 3.09. The van der Waals surface area contributed by atoms with Crippen molar-refractivity contribution in [2.24, 2.45) is 0 Å². The van der Waals surface area contributed by atoms with Gasteiger partial charge in [-0.1, -0.05) is 31.2 Å². The molecular weight excluding hydrogens is 424 g/mol. The lowest BCUT2D eigenvalue weighted by atomic mass is 10.1. The highest BCUT2D eigenvalue weighted by atomic mass is 32.2. The number of piperidine rings is 1. The minimum absolute atomic E-state index is 0.148. The van der Waals surface area contributed by atoms with E-state index in [4.69, 9.17) is 16.2 Å². The van der Waals surface area contributed by atoms with Crippen LogP contribution in [0.1, 0.15) is 58.3 Å². The van der Waals surface area contributed by atoms with Gasteiger partial charge in [-0.15, -0.1) is 0 Å². The van der Waals surface area contributed by atoms with E-state index in [0.717, 1.165) is 56.9 Å². The van der Waals surface area contributed by atoms with Crippen LogP contribution in [0, 0.1) is 10.4 Å². The molecule has 2 aliphatic heterocycles. The average molecular weight is 457 g/mol. The maximum absolute atomic E-state index is 14.2. The van der Waals surface area contributed by atoms with Gasteiger partial charge in [0.15, 0.2) is 5.44 Å². The molecule has 1 aromatic heterocycles. The average Bonchev–Trinajstić information content (AvgIpc) is 2.75. The van der Waals surface area contributed by atoms with Crippen LogP contribution < -0.4 is 25.1 Å². The molecule has 3 rings (SSSR count). The Bertz CT molecular complexity index is 794. The summed E-state index contributed by atoms with van der Waals surface area (Å²) in [6, 6.07) is -1.48. The van der Waals surface area contributed by atoms with Crippen LogP contribution in [-0.2, 0) is 9.53 Å². The van der Waals surface area contributed by atoms with Crippen LogP contribution in [-0.4, -0.2) is 47.2 Å². The maximum atomic E-state index is 14.2. The van der Waals surface area contributed by atoms with Gasteiger partial charge < -0.3 is 36.6 Å². The number of carbonyl (C=O) groups is 1. The van der Waals surface area contributed by atoms with Gasteiger partial charge in [0.2, 0.25) is 6.04 Å². The molecule has 174 valence electrons. The molecule has 3 unspecified atom stereocenters. The van der Waals surface area contributed by atoms with Gasteiger partial charge in [0.05, 0.1) is 0 Å². The number of rotatable bonds is 8. The van der Waals surface area contributed by atoms with E-state index in [1.807, 2.05) is 4.90 Å². The lowest BCUT2D eigenvalue weighted by molar-refractivity contribution is -0.576. The van der Waals surface area contributed by atoms with Gasteiger partial charge >= 0.3 is 11.9 Å². The standard InChI is InChI=1S/C19H32N6O5S/c1-2-3-4-6-9-14-30-12-13(18(26)27)25(29,31-14)15-16(20)24(28)19(21)22-17(15)23-10-7-5-8-11-23/h13-14H,2-12,20H2,1H3,(H2,21,22)(H,26,27). The highest BCUT2D eigenvalue weighted by molar-refractivity contribution is 7.99. The number of quaternary nitrogens is 1. The Balaban J connectivity index is 2.02. The predicted octanol–water partition coefficient (Wildman–Crippen LogP) is 2.10. The number of carboxylic acids is 1. The van der Waals surface area contributed by atoms with Crippen LogP contribution >= 0.6 is 11.9 Å². The van der Waals surface area contributed by atoms with Crippen LogP contribution in [0.15, 0.2) is 0 Å². The molecule has 31 heavy (non-hydrogen) atoms. The molecule has 3 heterocycles. The molecule has 0 amide bonds. The molecule has 0 spiro atoms. The molecule has 0 saturated carbocycles. The zero-order valence-corrected chi connectivity index (χ0v) is 18.7. The van der Waals surface area contributed by atoms with Crippen molar-refractivity contribution in [3.05, 3.63) is 10.4 Å². The number of aromatic nitrogens is 2. The zero-order chi connectivity index (χ0) is 22.6. The molecule has 11 nitrogen and oxygen atoms in total. The summed E-state index contributed by atoms with van der Waals surface area (Å²) in [7, 11) is 0. The maximum Gasteiger partial charge on any atom is 0.366 e. The largest absolute Gasteiger partial charge is 0.754 e. The first kappa shape index (κ1) is 23.6. The topological polar surface area (TPSA) is 165 Å². The number of unbranched alkanes of at least 4 members (excludes halogenated alkanes) is 3. The first-order valence-electron chi connectivity index (χ1n) is 10.9. The number of ether oxygens (including phenoxy) is 1. The van der Waals surface area contributed by atoms with Gasteiger partial charge in [-0.25, -0.2) is 13.6 Å². The molecule has 0 radical (unpaired) electrons. The summed E-state index contributed by atoms with van der Waals surface area (Å²) >= 11 is 0.827. The number of hydroxylamine groups is 1. The molecule has 2 fully saturated rings. The quantitative estimate of drug-likeness (QED) is 0.173. The SMILES string of the molecule is CCCCCCC1OCC(C(=O)O)[N+]([O-])(c2c(N3CCCCC3)nc(N)[n+]([O-])c2N)S1. The van der Waals surface area contributed by atoms with E-state index < -0.39 is 27.3 Å². The Labute approximate surface area is 186 Å². The fraction of sp³-hybridized carbons (Fsp3) is 0.737. The van der Waals surface area contributed by atoms with Gasteiger partial charge in [-0.2, -0.15) is 0 Å². The van der Waals surface area contributed by atoms with Crippen LogP contribution in [0.3, 0.4) is 0 Å². The monoisotopic (exact) mass is 456 g/mol. The normalized spacial score (nSPS) is 26.7. The summed E-state index contributed by atoms with van der Waals surface area (Å²) in [5.41, 5.74) is 11.2. The number of carboxylic acid groups (broad SMARTS) is 1. The van der Waals surface area contributed by atoms with E-state index in [-0.39, 0.29) is 28.8 Å². The lowest BCUT2D eigenvalue weighted by Gasteiger charge is -2.48. The van der Waals surface area contributed by atoms with Crippen molar-refractivity contribution in [2.75, 3.05) is 36.1 Å². The van der Waals surface area contributed by atoms with Gasteiger partial charge in [0.1, 0.15) is 18.6 Å². The third-order valence-electron chi connectivity index (χ3n) is 5.77. The molecule has 1 aromatic rings. The lowest BCUT2D eigenvalue weighted by Crippen LogP contribution is -2.59. The second-order valence-electron chi connectivity index (χ2n) is 8.04. The fourth-order valence-corrected chi connectivity index (χ4v) is 5.38. The van der Waals surface area contributed by atoms with Crippen molar-refractivity contribution in [3.8, 4) is 0 Å². The third-order valence-corrected chi connectivity index (χ3v) is 7.13. The van der Waals surface area contributed by atoms with Crippen LogP contribution in [0.4, 0.5) is 23.3 Å². The van der Waals surface area contributed by atoms with E-state index in [1.54, 1.807) is 0 Å². The molecule has 2 saturated heterocycles. The third kappa shape index (κ3) is 4.92. The van der Waals surface area contributed by atoms with Gasteiger partial charge in [0.25, 0.3) is 17.3 Å². The molecule has 3 atom stereocenters. The van der Waals surface area contributed by atoms with Crippen LogP contribution in [0.25, 0.3) is 0 Å². The molecule has 2 aliphatic rings. The first-order chi connectivity index (χ1) is 14.8. The fourth-order valence-electron chi connectivity index (χ4n) is 4.04. The number of hydrogen-bond acceptors (Lipinski definition) is 9. The van der Waals surface area contributed by atoms with Crippen molar-refractivity contribution in [3.63, 3.8) is 0 Å². The van der Waals surface area contributed by atoms with Gasteiger partial charge in [-0.05, 0) is 32.1 Å². The minimum atomic E-state index is -1.48. The van der Waals surface area contributed by atoms with Crippen molar-refractivity contribution < 1.29 is 19.4 Å². The Kier molecular flexibility index (Phi) is 7.68. The Morgan fingerprint density at radius 2 is 2.03 bits per heavy atom. The second kappa shape index (κ2) is 10.1. The second-order valence-corrected chi connectivity index (χ2v) is 9.32. The number of anilines is 3. The molecule has 12 heteroatoms. The van der Waals surface area contributed by atoms with Crippen molar-refractivity contribution in [1.29, 1.82) is 0 Å². The van der Waals surface area contributed by atoms with Crippen LogP contribution in [0.2, 0.25) is 0 Å². The van der Waals surface area contributed by atoms with E-state index in [2.05, 4.69) is 11.9 Å². The van der Waals surface area contributed by atoms with Crippen LogP contribution in [0.5, 0.6) is 0 Å². The molecular formula is C19H32N6O5S. The number of nitrogens with zero attached hydrogens (tertiary/aromatic N) is 4. The molecule has 5 N–H and O–H groups in total. The highest BCUT2D eigenvalue weighted by Crippen LogP contribution is 2.48. The summed E-state index contributed by atoms with van der Waals surface area (Å²) < 4.78 is 4.55. The summed E-state index contributed by atoms with van der Waals surface area (Å²) in [6.07, 6.45) is 7.47. The first-order valence-corrected chi connectivity index (χ1v) is 11.7. The smallest absolute Gasteiger partial charge is 0.366 e. The number of nitrogen functional groups attached to an aromatic ring is 2. The summed E-state index contributed by atoms with van der Waals surface area (Å²) in [5.74, 6) is -1.89. The number of nitrogens with two attached hydrogens (primary N) is 2. The zero-order valence-electron chi connectivity index (χ0n) is 17.9. The Hall–Kier alpha value is -2.02. The number of hydrogen-bond donors (Lipinski definition) is 3. The van der Waals surface area contributed by atoms with Crippen molar-refractivity contribution >= 4 is 41.2 Å². The minimum Gasteiger partial charge on any atom is -0.754 e. The highest BCUT2D eigenvalue weighted by Gasteiger charge is 2.51. The van der Waals surface area contributed by atoms with Gasteiger partial charge in [-0.3, -0.25) is 0 Å². The summed E-state index contributed by atoms with van der Waals surface area (Å²) in [5, 5.41) is 36.5. The number of aliphatic carboxylic acids is 1. The van der Waals surface area contributed by atoms with E-state index >= 15 is 0 Å². The van der Waals surface area contributed by atoms with E-state index in [9.17, 15) is 20.3 Å². The Morgan fingerprint density at radius 1 is 1.32 bits per heavy atom. The summed E-state index contributed by atoms with van der Waals surface area (Å²) in [4.78, 5) is 18.1. The van der Waals surface area contributed by atoms with E-state index in [1.165, 1.54) is 0 Å². The molecule has 0 aromatic carbocycles. The van der Waals surface area contributed by atoms with Gasteiger partial charge in [0, 0.05) is 13.1 Å². The molecule has 0 aliphatic carbocycles. The predicted molar refractivity (Wildman–Crippen MR) is 121 cm³/mol. The van der Waals surface area contributed by atoms with Crippen molar-refractivity contribution in [2.45, 2.75) is 69.8 Å².